The van der Waals surface area contributed by atoms with Crippen LogP contribution >= 0.6 is 0 Å². The van der Waals surface area contributed by atoms with Crippen LogP contribution in [0.3, 0.4) is 0 Å². The molecule has 0 unspecified atom stereocenters. The van der Waals surface area contributed by atoms with Gasteiger partial charge in [0, 0.05) is 38.3 Å². The molecule has 1 saturated carbocycles. The van der Waals surface area contributed by atoms with E-state index in [1.807, 2.05) is 4.90 Å². The lowest BCUT2D eigenvalue weighted by Gasteiger charge is -2.33. The van der Waals surface area contributed by atoms with Crippen molar-refractivity contribution in [3.8, 4) is 0 Å². The number of likely N-dealkylation sites (tertiary alicyclic amines) is 2. The van der Waals surface area contributed by atoms with E-state index in [-0.39, 0.29) is 29.6 Å². The van der Waals surface area contributed by atoms with Crippen LogP contribution in [0.1, 0.15) is 36.2 Å². The Kier molecular flexibility index (Phi) is 5.14. The number of aliphatic hydroxyl groups excluding tert-OH is 2. The van der Waals surface area contributed by atoms with E-state index in [1.165, 1.54) is 0 Å². The molecule has 1 aromatic heterocycles. The summed E-state index contributed by atoms with van der Waals surface area (Å²) in [4.78, 5) is 33.2. The zero-order chi connectivity index (χ0) is 19.0. The first-order chi connectivity index (χ1) is 13.0. The molecule has 3 fully saturated rings. The van der Waals surface area contributed by atoms with Gasteiger partial charge in [-0.25, -0.2) is 0 Å². The Morgan fingerprint density at radius 2 is 1.59 bits per heavy atom. The van der Waals surface area contributed by atoms with Gasteiger partial charge in [-0.15, -0.1) is 0 Å². The maximum atomic E-state index is 12.9. The first kappa shape index (κ1) is 18.4. The highest BCUT2D eigenvalue weighted by Crippen LogP contribution is 2.37. The summed E-state index contributed by atoms with van der Waals surface area (Å²) < 4.78 is 0. The number of aliphatic hydroxyl groups is 2. The van der Waals surface area contributed by atoms with E-state index < -0.39 is 12.2 Å². The third-order valence-electron chi connectivity index (χ3n) is 6.44. The summed E-state index contributed by atoms with van der Waals surface area (Å²) >= 11 is 0. The van der Waals surface area contributed by atoms with Gasteiger partial charge in [0.1, 0.15) is 5.69 Å². The number of hydrogen-bond donors (Lipinski definition) is 2. The standard InChI is InChI=1S/C20H27N3O4/c24-17-9-14-11-23(12-15(14)10-18(17)25)19(26)13-4-7-22(8-5-13)20(27)16-3-1-2-6-21-16/h1-3,6,13-15,17-18,24-25H,4-5,7-12H2/t14-,15+,17+,18-. The molecule has 0 bridgehead atoms. The zero-order valence-corrected chi connectivity index (χ0v) is 15.4. The molecule has 3 heterocycles. The number of rotatable bonds is 2. The van der Waals surface area contributed by atoms with Gasteiger partial charge in [0.2, 0.25) is 5.91 Å². The van der Waals surface area contributed by atoms with Gasteiger partial charge in [-0.05, 0) is 49.7 Å². The van der Waals surface area contributed by atoms with Gasteiger partial charge in [0.25, 0.3) is 5.91 Å². The summed E-state index contributed by atoms with van der Waals surface area (Å²) in [7, 11) is 0. The van der Waals surface area contributed by atoms with Crippen LogP contribution in [-0.4, -0.2) is 75.2 Å². The van der Waals surface area contributed by atoms with Gasteiger partial charge in [-0.2, -0.15) is 0 Å². The molecule has 2 saturated heterocycles. The molecule has 3 aliphatic rings. The van der Waals surface area contributed by atoms with Crippen molar-refractivity contribution in [3.05, 3.63) is 30.1 Å². The van der Waals surface area contributed by atoms with E-state index in [2.05, 4.69) is 4.98 Å². The second kappa shape index (κ2) is 7.56. The number of aromatic nitrogens is 1. The second-order valence-corrected chi connectivity index (χ2v) is 8.15. The fourth-order valence-corrected chi connectivity index (χ4v) is 4.83. The van der Waals surface area contributed by atoms with Crippen LogP contribution in [0.2, 0.25) is 0 Å². The van der Waals surface area contributed by atoms with Gasteiger partial charge in [-0.3, -0.25) is 14.6 Å². The summed E-state index contributed by atoms with van der Waals surface area (Å²) in [6.45, 7) is 2.51. The Balaban J connectivity index is 1.31. The summed E-state index contributed by atoms with van der Waals surface area (Å²) in [6.07, 6.45) is 2.79. The van der Waals surface area contributed by atoms with Crippen LogP contribution in [0.25, 0.3) is 0 Å². The smallest absolute Gasteiger partial charge is 0.272 e. The summed E-state index contributed by atoms with van der Waals surface area (Å²) in [5.74, 6) is 0.624. The molecule has 27 heavy (non-hydrogen) atoms. The molecule has 1 aromatic rings. The van der Waals surface area contributed by atoms with Crippen molar-refractivity contribution < 1.29 is 19.8 Å². The van der Waals surface area contributed by atoms with E-state index in [1.54, 1.807) is 29.3 Å². The molecule has 146 valence electrons. The lowest BCUT2D eigenvalue weighted by atomic mass is 9.79. The highest BCUT2D eigenvalue weighted by molar-refractivity contribution is 5.92. The number of fused-ring (bicyclic) bond motifs is 1. The normalized spacial score (nSPS) is 31.6. The first-order valence-electron chi connectivity index (χ1n) is 9.88. The predicted molar refractivity (Wildman–Crippen MR) is 97.7 cm³/mol. The van der Waals surface area contributed by atoms with Crippen LogP contribution in [-0.2, 0) is 4.79 Å². The quantitative estimate of drug-likeness (QED) is 0.788. The van der Waals surface area contributed by atoms with Crippen LogP contribution in [0.5, 0.6) is 0 Å². The molecule has 4 rings (SSSR count). The number of carbonyl (C=O) groups is 2. The second-order valence-electron chi connectivity index (χ2n) is 8.15. The molecule has 2 amide bonds. The average molecular weight is 373 g/mol. The number of pyridine rings is 1. The van der Waals surface area contributed by atoms with E-state index in [0.29, 0.717) is 57.6 Å². The fraction of sp³-hybridized carbons (Fsp3) is 0.650. The van der Waals surface area contributed by atoms with E-state index in [0.717, 1.165) is 0 Å². The SMILES string of the molecule is O=C(c1ccccn1)N1CCC(C(=O)N2C[C@H]3C[C@H](O)[C@H](O)C[C@H]3C2)CC1. The number of nitrogens with zero attached hydrogens (tertiary/aromatic N) is 3. The van der Waals surface area contributed by atoms with E-state index in [9.17, 15) is 19.8 Å². The fourth-order valence-electron chi connectivity index (χ4n) is 4.83. The van der Waals surface area contributed by atoms with Crippen molar-refractivity contribution in [1.29, 1.82) is 0 Å². The number of amides is 2. The van der Waals surface area contributed by atoms with Crippen molar-refractivity contribution in [2.45, 2.75) is 37.9 Å². The zero-order valence-electron chi connectivity index (χ0n) is 15.4. The highest BCUT2D eigenvalue weighted by Gasteiger charge is 2.43. The molecule has 2 aliphatic heterocycles. The Hall–Kier alpha value is -1.99. The largest absolute Gasteiger partial charge is 0.390 e. The van der Waals surface area contributed by atoms with Gasteiger partial charge in [-0.1, -0.05) is 6.07 Å². The number of hydrogen-bond acceptors (Lipinski definition) is 5. The minimum Gasteiger partial charge on any atom is -0.390 e. The highest BCUT2D eigenvalue weighted by atomic mass is 16.3. The molecule has 7 nitrogen and oxygen atoms in total. The lowest BCUT2D eigenvalue weighted by Crippen LogP contribution is -2.44. The summed E-state index contributed by atoms with van der Waals surface area (Å²) in [6, 6.07) is 5.30. The van der Waals surface area contributed by atoms with Crippen LogP contribution in [0.15, 0.2) is 24.4 Å². The number of piperidine rings is 1. The molecule has 0 aromatic carbocycles. The van der Waals surface area contributed by atoms with Crippen molar-refractivity contribution in [2.75, 3.05) is 26.2 Å². The Morgan fingerprint density at radius 3 is 2.15 bits per heavy atom. The van der Waals surface area contributed by atoms with E-state index >= 15 is 0 Å². The van der Waals surface area contributed by atoms with Gasteiger partial charge in [0.05, 0.1) is 12.2 Å². The van der Waals surface area contributed by atoms with Crippen molar-refractivity contribution >= 4 is 11.8 Å². The Morgan fingerprint density at radius 1 is 0.963 bits per heavy atom. The van der Waals surface area contributed by atoms with Gasteiger partial charge in [0.15, 0.2) is 0 Å². The Bertz CT molecular complexity index is 672. The maximum Gasteiger partial charge on any atom is 0.272 e. The molecule has 7 heteroatoms. The minimum absolute atomic E-state index is 0.0483. The molecule has 0 spiro atoms. The minimum atomic E-state index is -0.665. The Labute approximate surface area is 159 Å². The predicted octanol–water partition coefficient (Wildman–Crippen LogP) is 0.524. The van der Waals surface area contributed by atoms with Crippen LogP contribution in [0, 0.1) is 17.8 Å². The molecular formula is C20H27N3O4. The summed E-state index contributed by atoms with van der Waals surface area (Å²) in [5, 5.41) is 19.8. The van der Waals surface area contributed by atoms with Crippen molar-refractivity contribution in [3.63, 3.8) is 0 Å². The molecule has 2 N–H and O–H groups in total. The molecular weight excluding hydrogens is 346 g/mol. The maximum absolute atomic E-state index is 12.9. The lowest BCUT2D eigenvalue weighted by molar-refractivity contribution is -0.136. The van der Waals surface area contributed by atoms with Crippen molar-refractivity contribution in [1.82, 2.24) is 14.8 Å². The van der Waals surface area contributed by atoms with Gasteiger partial charge < -0.3 is 20.0 Å². The molecule has 0 radical (unpaired) electrons. The van der Waals surface area contributed by atoms with Gasteiger partial charge >= 0.3 is 0 Å². The third-order valence-corrected chi connectivity index (χ3v) is 6.44. The monoisotopic (exact) mass is 373 g/mol. The molecule has 4 atom stereocenters. The van der Waals surface area contributed by atoms with Crippen molar-refractivity contribution in [2.24, 2.45) is 17.8 Å². The van der Waals surface area contributed by atoms with Crippen LogP contribution < -0.4 is 0 Å². The molecule has 1 aliphatic carbocycles. The third kappa shape index (κ3) is 3.71. The summed E-state index contributed by atoms with van der Waals surface area (Å²) in [5.41, 5.74) is 0.447. The topological polar surface area (TPSA) is 94.0 Å². The average Bonchev–Trinajstić information content (AvgIpc) is 3.10. The first-order valence-corrected chi connectivity index (χ1v) is 9.88. The van der Waals surface area contributed by atoms with E-state index in [4.69, 9.17) is 0 Å². The number of carbonyl (C=O) groups excluding carboxylic acids is 2. The van der Waals surface area contributed by atoms with Crippen LogP contribution in [0.4, 0.5) is 0 Å².